The molecule has 0 saturated carbocycles. The van der Waals surface area contributed by atoms with Gasteiger partial charge in [0, 0.05) is 12.2 Å². The van der Waals surface area contributed by atoms with Gasteiger partial charge in [0.1, 0.15) is 12.4 Å². The van der Waals surface area contributed by atoms with Crippen LogP contribution in [0.25, 0.3) is 0 Å². The molecule has 7 heteroatoms. The van der Waals surface area contributed by atoms with Crippen LogP contribution in [0.3, 0.4) is 0 Å². The highest BCUT2D eigenvalue weighted by Gasteiger charge is 2.09. The summed E-state index contributed by atoms with van der Waals surface area (Å²) in [5.41, 5.74) is 5.53. The van der Waals surface area contributed by atoms with Gasteiger partial charge in [-0.2, -0.15) is 0 Å². The number of anilines is 1. The summed E-state index contributed by atoms with van der Waals surface area (Å²) in [7, 11) is 0. The fourth-order valence-corrected chi connectivity index (χ4v) is 1.21. The Kier molecular flexibility index (Phi) is 5.06. The second-order valence-corrected chi connectivity index (χ2v) is 3.37. The largest absolute Gasteiger partial charge is 0.409 e. The molecule has 0 aliphatic heterocycles. The van der Waals surface area contributed by atoms with Gasteiger partial charge in [-0.1, -0.05) is 5.16 Å². The van der Waals surface area contributed by atoms with Gasteiger partial charge in [0.05, 0.1) is 5.69 Å². The number of benzene rings is 1. The predicted molar refractivity (Wildman–Crippen MR) is 64.0 cm³/mol. The number of oxime groups is 1. The van der Waals surface area contributed by atoms with Crippen LogP contribution in [-0.2, 0) is 9.53 Å². The summed E-state index contributed by atoms with van der Waals surface area (Å²) < 4.78 is 18.5. The molecule has 98 valence electrons. The van der Waals surface area contributed by atoms with E-state index in [1.807, 2.05) is 0 Å². The zero-order valence-electron chi connectivity index (χ0n) is 9.81. The van der Waals surface area contributed by atoms with Gasteiger partial charge in [-0.3, -0.25) is 4.79 Å². The molecule has 6 nitrogen and oxygen atoms in total. The zero-order valence-corrected chi connectivity index (χ0v) is 9.81. The van der Waals surface area contributed by atoms with Gasteiger partial charge in [0.2, 0.25) is 5.91 Å². The highest BCUT2D eigenvalue weighted by atomic mass is 19.1. The van der Waals surface area contributed by atoms with Gasteiger partial charge < -0.3 is 21.0 Å². The molecule has 0 aromatic heterocycles. The number of carbonyl (C=O) groups excluding carboxylic acids is 1. The van der Waals surface area contributed by atoms with E-state index in [-0.39, 0.29) is 23.7 Å². The molecule has 0 fully saturated rings. The SMILES string of the molecule is CCOCC(=O)Nc1ccc(/C(N)=N/O)cc1F. The minimum absolute atomic E-state index is 0.00851. The minimum atomic E-state index is -0.677. The Labute approximate surface area is 103 Å². The summed E-state index contributed by atoms with van der Waals surface area (Å²) in [6.45, 7) is 2.01. The van der Waals surface area contributed by atoms with Crippen molar-refractivity contribution >= 4 is 17.4 Å². The molecule has 0 saturated heterocycles. The van der Waals surface area contributed by atoms with Crippen molar-refractivity contribution < 1.29 is 19.1 Å². The lowest BCUT2D eigenvalue weighted by Crippen LogP contribution is -2.19. The molecular formula is C11H14FN3O3. The smallest absolute Gasteiger partial charge is 0.250 e. The number of ether oxygens (including phenoxy) is 1. The van der Waals surface area contributed by atoms with Crippen molar-refractivity contribution in [2.75, 3.05) is 18.5 Å². The molecule has 0 unspecified atom stereocenters. The van der Waals surface area contributed by atoms with Crippen molar-refractivity contribution in [3.8, 4) is 0 Å². The fourth-order valence-electron chi connectivity index (χ4n) is 1.21. The molecule has 0 aliphatic carbocycles. The van der Waals surface area contributed by atoms with Crippen LogP contribution in [0.5, 0.6) is 0 Å². The van der Waals surface area contributed by atoms with Gasteiger partial charge in [-0.05, 0) is 25.1 Å². The third-order valence-electron chi connectivity index (χ3n) is 2.08. The van der Waals surface area contributed by atoms with E-state index < -0.39 is 11.7 Å². The highest BCUT2D eigenvalue weighted by Crippen LogP contribution is 2.15. The predicted octanol–water partition coefficient (Wildman–Crippen LogP) is 0.895. The van der Waals surface area contributed by atoms with E-state index in [4.69, 9.17) is 15.7 Å². The first-order chi connectivity index (χ1) is 8.58. The van der Waals surface area contributed by atoms with Crippen LogP contribution >= 0.6 is 0 Å². The normalized spacial score (nSPS) is 11.3. The van der Waals surface area contributed by atoms with E-state index in [1.54, 1.807) is 6.92 Å². The Morgan fingerprint density at radius 2 is 2.33 bits per heavy atom. The van der Waals surface area contributed by atoms with E-state index >= 15 is 0 Å². The van der Waals surface area contributed by atoms with Gasteiger partial charge in [0.15, 0.2) is 5.84 Å². The van der Waals surface area contributed by atoms with Crippen LogP contribution in [-0.4, -0.2) is 30.2 Å². The summed E-state index contributed by atoms with van der Waals surface area (Å²) >= 11 is 0. The number of carbonyl (C=O) groups is 1. The average Bonchev–Trinajstić information content (AvgIpc) is 2.37. The average molecular weight is 255 g/mol. The Morgan fingerprint density at radius 1 is 1.61 bits per heavy atom. The number of halogens is 1. The number of nitrogens with zero attached hydrogens (tertiary/aromatic N) is 1. The molecule has 4 N–H and O–H groups in total. The first-order valence-electron chi connectivity index (χ1n) is 5.23. The molecule has 1 amide bonds. The molecule has 0 heterocycles. The Bertz CT molecular complexity index is 463. The number of amides is 1. The summed E-state index contributed by atoms with van der Waals surface area (Å²) in [5, 5.41) is 13.5. The molecule has 0 atom stereocenters. The van der Waals surface area contributed by atoms with E-state index in [0.29, 0.717) is 6.61 Å². The number of nitrogens with two attached hydrogens (primary N) is 1. The Balaban J connectivity index is 2.77. The molecule has 0 radical (unpaired) electrons. The van der Waals surface area contributed by atoms with Crippen molar-refractivity contribution in [3.63, 3.8) is 0 Å². The summed E-state index contributed by atoms with van der Waals surface area (Å²) in [4.78, 5) is 11.3. The van der Waals surface area contributed by atoms with E-state index in [2.05, 4.69) is 10.5 Å². The van der Waals surface area contributed by atoms with Crippen molar-refractivity contribution in [3.05, 3.63) is 29.6 Å². The summed E-state index contributed by atoms with van der Waals surface area (Å²) in [5.74, 6) is -1.34. The molecule has 1 aromatic rings. The van der Waals surface area contributed by atoms with Gasteiger partial charge in [-0.15, -0.1) is 0 Å². The van der Waals surface area contributed by atoms with Crippen LogP contribution in [0.1, 0.15) is 12.5 Å². The Morgan fingerprint density at radius 3 is 2.89 bits per heavy atom. The molecule has 0 bridgehead atoms. The minimum Gasteiger partial charge on any atom is -0.409 e. The van der Waals surface area contributed by atoms with E-state index in [1.165, 1.54) is 12.1 Å². The van der Waals surface area contributed by atoms with Crippen molar-refractivity contribution in [2.45, 2.75) is 6.92 Å². The number of hydrogen-bond acceptors (Lipinski definition) is 4. The second-order valence-electron chi connectivity index (χ2n) is 3.37. The first-order valence-corrected chi connectivity index (χ1v) is 5.23. The molecule has 0 spiro atoms. The van der Waals surface area contributed by atoms with Gasteiger partial charge in [-0.25, -0.2) is 4.39 Å². The van der Waals surface area contributed by atoms with Crippen molar-refractivity contribution in [1.29, 1.82) is 0 Å². The van der Waals surface area contributed by atoms with Crippen molar-refractivity contribution in [1.82, 2.24) is 0 Å². The maximum atomic E-state index is 13.6. The fraction of sp³-hybridized carbons (Fsp3) is 0.273. The van der Waals surface area contributed by atoms with Gasteiger partial charge in [0.25, 0.3) is 0 Å². The van der Waals surface area contributed by atoms with Gasteiger partial charge >= 0.3 is 0 Å². The molecule has 1 rings (SSSR count). The summed E-state index contributed by atoms with van der Waals surface area (Å²) in [6.07, 6.45) is 0. The third-order valence-corrected chi connectivity index (χ3v) is 2.08. The van der Waals surface area contributed by atoms with Crippen LogP contribution < -0.4 is 11.1 Å². The van der Waals surface area contributed by atoms with Crippen molar-refractivity contribution in [2.24, 2.45) is 10.9 Å². The quantitative estimate of drug-likeness (QED) is 0.315. The monoisotopic (exact) mass is 255 g/mol. The highest BCUT2D eigenvalue weighted by molar-refractivity contribution is 5.98. The number of amidine groups is 1. The maximum absolute atomic E-state index is 13.6. The molecule has 0 aliphatic rings. The Hall–Kier alpha value is -2.15. The third kappa shape index (κ3) is 3.70. The molecule has 18 heavy (non-hydrogen) atoms. The number of hydrogen-bond donors (Lipinski definition) is 3. The standard InChI is InChI=1S/C11H14FN3O3/c1-2-18-6-10(16)14-9-4-3-7(5-8(9)12)11(13)15-17/h3-5,17H,2,6H2,1H3,(H2,13,15)(H,14,16). The lowest BCUT2D eigenvalue weighted by molar-refractivity contribution is -0.120. The topological polar surface area (TPSA) is 96.9 Å². The van der Waals surface area contributed by atoms with Crippen LogP contribution in [0.4, 0.5) is 10.1 Å². The number of nitrogens with one attached hydrogen (secondary N) is 1. The summed E-state index contributed by atoms with van der Waals surface area (Å²) in [6, 6.07) is 3.81. The zero-order chi connectivity index (χ0) is 13.5. The van der Waals surface area contributed by atoms with Crippen LogP contribution in [0, 0.1) is 5.82 Å². The lowest BCUT2D eigenvalue weighted by atomic mass is 10.2. The molecule has 1 aromatic carbocycles. The van der Waals surface area contributed by atoms with E-state index in [9.17, 15) is 9.18 Å². The van der Waals surface area contributed by atoms with Crippen LogP contribution in [0.2, 0.25) is 0 Å². The number of rotatable bonds is 5. The molecular weight excluding hydrogens is 241 g/mol. The maximum Gasteiger partial charge on any atom is 0.250 e. The second kappa shape index (κ2) is 6.55. The van der Waals surface area contributed by atoms with E-state index in [0.717, 1.165) is 6.07 Å². The first kappa shape index (κ1) is 13.9. The lowest BCUT2D eigenvalue weighted by Gasteiger charge is -2.07. The van der Waals surface area contributed by atoms with Crippen LogP contribution in [0.15, 0.2) is 23.4 Å².